The van der Waals surface area contributed by atoms with Gasteiger partial charge < -0.3 is 14.5 Å². The average molecular weight is 336 g/mol. The third kappa shape index (κ3) is 4.28. The number of piperazine rings is 1. The standard InChI is InChI=1S/C18H32N4O2/c1-14(2)17-19-18(20-24-17)22-10-9-21(16(13-22)8-11-23)12-15-6-4-3-5-7-15/h14-16,23H,3-13H2,1-2H3/t16-/m1/s1. The Morgan fingerprint density at radius 2 is 2.00 bits per heavy atom. The lowest BCUT2D eigenvalue weighted by atomic mass is 9.88. The van der Waals surface area contributed by atoms with Crippen LogP contribution >= 0.6 is 0 Å². The minimum absolute atomic E-state index is 0.239. The van der Waals surface area contributed by atoms with Crippen LogP contribution in [0.15, 0.2) is 4.52 Å². The molecule has 0 spiro atoms. The molecule has 0 unspecified atom stereocenters. The van der Waals surface area contributed by atoms with Gasteiger partial charge in [0.15, 0.2) is 0 Å². The first-order valence-corrected chi connectivity index (χ1v) is 9.61. The van der Waals surface area contributed by atoms with E-state index in [-0.39, 0.29) is 12.5 Å². The van der Waals surface area contributed by atoms with Gasteiger partial charge in [0.05, 0.1) is 0 Å². The van der Waals surface area contributed by atoms with Crippen molar-refractivity contribution >= 4 is 5.95 Å². The SMILES string of the molecule is CC(C)c1nc(N2CCN(CC3CCCCC3)[C@H](CCO)C2)no1. The van der Waals surface area contributed by atoms with E-state index < -0.39 is 0 Å². The Balaban J connectivity index is 1.61. The highest BCUT2D eigenvalue weighted by molar-refractivity contribution is 5.29. The molecule has 1 atom stereocenters. The summed E-state index contributed by atoms with van der Waals surface area (Å²) in [6.07, 6.45) is 7.73. The van der Waals surface area contributed by atoms with Crippen LogP contribution in [0, 0.1) is 5.92 Å². The van der Waals surface area contributed by atoms with Crippen LogP contribution in [0.5, 0.6) is 0 Å². The molecule has 3 rings (SSSR count). The summed E-state index contributed by atoms with van der Waals surface area (Å²) in [7, 11) is 0. The second kappa shape index (κ2) is 8.30. The molecule has 1 aliphatic carbocycles. The third-order valence-corrected chi connectivity index (χ3v) is 5.49. The van der Waals surface area contributed by atoms with Crippen molar-refractivity contribution in [2.75, 3.05) is 37.7 Å². The fourth-order valence-electron chi connectivity index (χ4n) is 4.03. The molecule has 0 radical (unpaired) electrons. The molecular weight excluding hydrogens is 304 g/mol. The van der Waals surface area contributed by atoms with Gasteiger partial charge in [-0.15, -0.1) is 0 Å². The zero-order valence-corrected chi connectivity index (χ0v) is 15.2. The van der Waals surface area contributed by atoms with Crippen LogP contribution in [-0.2, 0) is 0 Å². The number of nitrogens with zero attached hydrogens (tertiary/aromatic N) is 4. The first kappa shape index (κ1) is 17.7. The Morgan fingerprint density at radius 1 is 1.21 bits per heavy atom. The summed E-state index contributed by atoms with van der Waals surface area (Å²) in [6, 6.07) is 0.381. The Hall–Kier alpha value is -1.14. The molecule has 2 fully saturated rings. The first-order valence-electron chi connectivity index (χ1n) is 9.61. The fourth-order valence-corrected chi connectivity index (χ4v) is 4.03. The van der Waals surface area contributed by atoms with Crippen molar-refractivity contribution in [1.82, 2.24) is 15.0 Å². The van der Waals surface area contributed by atoms with Crippen molar-refractivity contribution < 1.29 is 9.63 Å². The van der Waals surface area contributed by atoms with Crippen LogP contribution < -0.4 is 4.90 Å². The summed E-state index contributed by atoms with van der Waals surface area (Å²) < 4.78 is 5.36. The molecule has 2 heterocycles. The number of anilines is 1. The normalized spacial score (nSPS) is 24.0. The highest BCUT2D eigenvalue weighted by Gasteiger charge is 2.30. The summed E-state index contributed by atoms with van der Waals surface area (Å²) in [5.74, 6) is 2.50. The predicted molar refractivity (Wildman–Crippen MR) is 94.2 cm³/mol. The number of hydrogen-bond donors (Lipinski definition) is 1. The van der Waals surface area contributed by atoms with Gasteiger partial charge >= 0.3 is 0 Å². The van der Waals surface area contributed by atoms with Gasteiger partial charge in [-0.1, -0.05) is 33.1 Å². The molecule has 1 N–H and O–H groups in total. The Labute approximate surface area is 145 Å². The second-order valence-corrected chi connectivity index (χ2v) is 7.70. The molecule has 1 saturated carbocycles. The molecule has 1 aliphatic heterocycles. The highest BCUT2D eigenvalue weighted by Crippen LogP contribution is 2.27. The van der Waals surface area contributed by atoms with Crippen LogP contribution in [0.3, 0.4) is 0 Å². The van der Waals surface area contributed by atoms with E-state index in [1.54, 1.807) is 0 Å². The molecule has 6 nitrogen and oxygen atoms in total. The minimum Gasteiger partial charge on any atom is -0.396 e. The summed E-state index contributed by atoms with van der Waals surface area (Å²) >= 11 is 0. The Morgan fingerprint density at radius 3 is 2.67 bits per heavy atom. The number of aromatic nitrogens is 2. The molecule has 2 aliphatic rings. The van der Waals surface area contributed by atoms with Crippen LogP contribution in [0.4, 0.5) is 5.95 Å². The zero-order chi connectivity index (χ0) is 16.9. The third-order valence-electron chi connectivity index (χ3n) is 5.49. The largest absolute Gasteiger partial charge is 0.396 e. The maximum absolute atomic E-state index is 9.48. The van der Waals surface area contributed by atoms with Crippen molar-refractivity contribution in [1.29, 1.82) is 0 Å². The van der Waals surface area contributed by atoms with Gasteiger partial charge in [-0.25, -0.2) is 0 Å². The molecule has 1 aromatic heterocycles. The van der Waals surface area contributed by atoms with Crippen LogP contribution in [-0.4, -0.2) is 59.0 Å². The smallest absolute Gasteiger partial charge is 0.266 e. The molecule has 0 aromatic carbocycles. The quantitative estimate of drug-likeness (QED) is 0.861. The van der Waals surface area contributed by atoms with E-state index in [9.17, 15) is 5.11 Å². The molecule has 24 heavy (non-hydrogen) atoms. The molecular formula is C18H32N4O2. The summed E-state index contributed by atoms with van der Waals surface area (Å²) in [5.41, 5.74) is 0. The molecule has 136 valence electrons. The Kier molecular flexibility index (Phi) is 6.11. The zero-order valence-electron chi connectivity index (χ0n) is 15.2. The van der Waals surface area contributed by atoms with Crippen molar-refractivity contribution in [3.05, 3.63) is 5.89 Å². The van der Waals surface area contributed by atoms with E-state index in [1.165, 1.54) is 38.6 Å². The predicted octanol–water partition coefficient (Wildman–Crippen LogP) is 2.65. The topological polar surface area (TPSA) is 65.6 Å². The van der Waals surface area contributed by atoms with Crippen molar-refractivity contribution in [2.45, 2.75) is 64.3 Å². The number of hydrogen-bond acceptors (Lipinski definition) is 6. The highest BCUT2D eigenvalue weighted by atomic mass is 16.5. The summed E-state index contributed by atoms with van der Waals surface area (Å²) in [4.78, 5) is 9.34. The maximum atomic E-state index is 9.48. The van der Waals surface area contributed by atoms with Crippen LogP contribution in [0.1, 0.15) is 64.2 Å². The lowest BCUT2D eigenvalue weighted by Gasteiger charge is -2.42. The molecule has 0 amide bonds. The van der Waals surface area contributed by atoms with Gasteiger partial charge in [-0.2, -0.15) is 4.98 Å². The lowest BCUT2D eigenvalue weighted by Crippen LogP contribution is -2.55. The maximum Gasteiger partial charge on any atom is 0.266 e. The van der Waals surface area contributed by atoms with Crippen molar-refractivity contribution in [2.24, 2.45) is 5.92 Å². The summed E-state index contributed by atoms with van der Waals surface area (Å²) in [6.45, 7) is 8.38. The minimum atomic E-state index is 0.239. The second-order valence-electron chi connectivity index (χ2n) is 7.70. The van der Waals surface area contributed by atoms with Gasteiger partial charge in [0, 0.05) is 44.7 Å². The summed E-state index contributed by atoms with van der Waals surface area (Å²) in [5, 5.41) is 13.6. The number of aliphatic hydroxyl groups excluding tert-OH is 1. The lowest BCUT2D eigenvalue weighted by molar-refractivity contribution is 0.112. The van der Waals surface area contributed by atoms with E-state index in [2.05, 4.69) is 33.8 Å². The monoisotopic (exact) mass is 336 g/mol. The van der Waals surface area contributed by atoms with E-state index in [1.807, 2.05) is 0 Å². The average Bonchev–Trinajstić information content (AvgIpc) is 3.08. The van der Waals surface area contributed by atoms with Gasteiger partial charge in [0.25, 0.3) is 5.95 Å². The van der Waals surface area contributed by atoms with Gasteiger partial charge in [-0.3, -0.25) is 4.90 Å². The van der Waals surface area contributed by atoms with E-state index in [0.717, 1.165) is 32.0 Å². The molecule has 1 aromatic rings. The first-order chi connectivity index (χ1) is 11.7. The van der Waals surface area contributed by atoms with E-state index in [4.69, 9.17) is 4.52 Å². The Bertz CT molecular complexity index is 499. The van der Waals surface area contributed by atoms with Gasteiger partial charge in [0.2, 0.25) is 5.89 Å². The fraction of sp³-hybridized carbons (Fsp3) is 0.889. The molecule has 6 heteroatoms. The van der Waals surface area contributed by atoms with Gasteiger partial charge in [0.1, 0.15) is 0 Å². The van der Waals surface area contributed by atoms with Gasteiger partial charge in [-0.05, 0) is 30.3 Å². The van der Waals surface area contributed by atoms with Crippen LogP contribution in [0.25, 0.3) is 0 Å². The molecule has 1 saturated heterocycles. The van der Waals surface area contributed by atoms with E-state index >= 15 is 0 Å². The van der Waals surface area contributed by atoms with E-state index in [0.29, 0.717) is 17.9 Å². The van der Waals surface area contributed by atoms with Crippen LogP contribution in [0.2, 0.25) is 0 Å². The number of rotatable bonds is 6. The number of aliphatic hydroxyl groups is 1. The molecule has 0 bridgehead atoms. The van der Waals surface area contributed by atoms with Crippen molar-refractivity contribution in [3.63, 3.8) is 0 Å². The van der Waals surface area contributed by atoms with Crippen molar-refractivity contribution in [3.8, 4) is 0 Å².